The minimum atomic E-state index is -5.20. The Morgan fingerprint density at radius 3 is 2.24 bits per heavy atom. The predicted octanol–water partition coefficient (Wildman–Crippen LogP) is 1.98. The topological polar surface area (TPSA) is 38.3 Å². The van der Waals surface area contributed by atoms with Gasteiger partial charge in [0.2, 0.25) is 0 Å². The number of ether oxygens (including phenoxy) is 1. The summed E-state index contributed by atoms with van der Waals surface area (Å²) in [5, 5.41) is 2.28. The first-order chi connectivity index (χ1) is 7.60. The quantitative estimate of drug-likeness (QED) is 0.582. The first kappa shape index (κ1) is 14.1. The number of halogens is 6. The van der Waals surface area contributed by atoms with Crippen LogP contribution < -0.4 is 5.32 Å². The third-order valence-corrected chi connectivity index (χ3v) is 2.31. The average Bonchev–Trinajstić information content (AvgIpc) is 2.15. The highest BCUT2D eigenvalue weighted by molar-refractivity contribution is 5.75. The van der Waals surface area contributed by atoms with Crippen LogP contribution in [0, 0.1) is 5.92 Å². The van der Waals surface area contributed by atoms with E-state index >= 15 is 0 Å². The summed E-state index contributed by atoms with van der Waals surface area (Å²) in [5.41, 5.74) is 0. The molecule has 2 atom stereocenters. The number of piperidine rings is 1. The zero-order valence-corrected chi connectivity index (χ0v) is 8.36. The van der Waals surface area contributed by atoms with E-state index in [0.29, 0.717) is 0 Å². The molecule has 0 bridgehead atoms. The van der Waals surface area contributed by atoms with Gasteiger partial charge in [-0.1, -0.05) is 0 Å². The lowest BCUT2D eigenvalue weighted by Crippen LogP contribution is -2.46. The van der Waals surface area contributed by atoms with Crippen molar-refractivity contribution in [1.82, 2.24) is 5.32 Å². The molecule has 1 N–H and O–H groups in total. The lowest BCUT2D eigenvalue weighted by Gasteiger charge is -2.31. The van der Waals surface area contributed by atoms with E-state index in [-0.39, 0.29) is 13.0 Å². The van der Waals surface area contributed by atoms with E-state index in [2.05, 4.69) is 10.1 Å². The van der Waals surface area contributed by atoms with Crippen molar-refractivity contribution < 1.29 is 35.9 Å². The molecule has 0 aromatic carbocycles. The molecule has 0 aromatic rings. The van der Waals surface area contributed by atoms with E-state index in [1.54, 1.807) is 0 Å². The molecule has 1 rings (SSSR count). The summed E-state index contributed by atoms with van der Waals surface area (Å²) in [6.07, 6.45) is -12.2. The molecule has 0 radical (unpaired) electrons. The number of hydrogen-bond donors (Lipinski definition) is 1. The summed E-state index contributed by atoms with van der Waals surface area (Å²) in [4.78, 5) is 10.4. The van der Waals surface area contributed by atoms with Crippen LogP contribution in [0.15, 0.2) is 0 Å². The largest absolute Gasteiger partial charge is 0.490 e. The molecule has 100 valence electrons. The van der Waals surface area contributed by atoms with Gasteiger partial charge in [-0.2, -0.15) is 26.3 Å². The number of rotatable bonds is 1. The first-order valence-electron chi connectivity index (χ1n) is 4.68. The minimum Gasteiger partial charge on any atom is -0.440 e. The summed E-state index contributed by atoms with van der Waals surface area (Å²) >= 11 is 0. The minimum absolute atomic E-state index is 0.153. The Labute approximate surface area is 92.1 Å². The molecule has 1 heterocycles. The van der Waals surface area contributed by atoms with Crippen molar-refractivity contribution >= 4 is 5.97 Å². The number of carbonyl (C=O) groups excluding carboxylic acids is 1. The van der Waals surface area contributed by atoms with Crippen LogP contribution in [0.5, 0.6) is 0 Å². The number of alkyl halides is 6. The van der Waals surface area contributed by atoms with Gasteiger partial charge in [0.15, 0.2) is 6.23 Å². The molecule has 3 nitrogen and oxygen atoms in total. The summed E-state index contributed by atoms with van der Waals surface area (Å²) in [6, 6.07) is 0. The van der Waals surface area contributed by atoms with Gasteiger partial charge in [0.25, 0.3) is 0 Å². The van der Waals surface area contributed by atoms with Crippen LogP contribution >= 0.6 is 0 Å². The zero-order valence-electron chi connectivity index (χ0n) is 8.36. The molecular formula is C8H9F6NO2. The standard InChI is InChI=1S/C8H9F6NO2/c9-7(10,11)4-1-2-15-5(3-4)17-6(16)8(12,13)14/h4-5,15H,1-3H2. The van der Waals surface area contributed by atoms with Crippen LogP contribution in [0.4, 0.5) is 26.3 Å². The maximum absolute atomic E-state index is 12.3. The van der Waals surface area contributed by atoms with Crippen molar-refractivity contribution in [3.8, 4) is 0 Å². The van der Waals surface area contributed by atoms with E-state index in [1.807, 2.05) is 0 Å². The Kier molecular flexibility index (Phi) is 3.90. The Balaban J connectivity index is 2.54. The van der Waals surface area contributed by atoms with Gasteiger partial charge in [-0.15, -0.1) is 0 Å². The molecule has 1 aliphatic heterocycles. The van der Waals surface area contributed by atoms with Gasteiger partial charge in [-0.3, -0.25) is 5.32 Å². The Morgan fingerprint density at radius 2 is 1.76 bits per heavy atom. The molecule has 9 heteroatoms. The van der Waals surface area contributed by atoms with Gasteiger partial charge in [0.1, 0.15) is 0 Å². The molecule has 2 unspecified atom stereocenters. The Hall–Kier alpha value is -0.990. The van der Waals surface area contributed by atoms with E-state index in [0.717, 1.165) is 0 Å². The molecule has 1 fully saturated rings. The fraction of sp³-hybridized carbons (Fsp3) is 0.875. The van der Waals surface area contributed by atoms with Crippen LogP contribution in [0.25, 0.3) is 0 Å². The van der Waals surface area contributed by atoms with Gasteiger partial charge < -0.3 is 4.74 Å². The highest BCUT2D eigenvalue weighted by Crippen LogP contribution is 2.34. The lowest BCUT2D eigenvalue weighted by atomic mass is 9.96. The van der Waals surface area contributed by atoms with Crippen LogP contribution in [-0.2, 0) is 9.53 Å². The van der Waals surface area contributed by atoms with Crippen LogP contribution in [0.2, 0.25) is 0 Å². The van der Waals surface area contributed by atoms with Crippen LogP contribution in [0.1, 0.15) is 12.8 Å². The van der Waals surface area contributed by atoms with Crippen LogP contribution in [-0.4, -0.2) is 31.1 Å². The summed E-state index contributed by atoms with van der Waals surface area (Å²) < 4.78 is 76.2. The van der Waals surface area contributed by atoms with E-state index in [1.165, 1.54) is 0 Å². The maximum Gasteiger partial charge on any atom is 0.490 e. The second kappa shape index (κ2) is 4.71. The van der Waals surface area contributed by atoms with E-state index in [4.69, 9.17) is 0 Å². The van der Waals surface area contributed by atoms with Gasteiger partial charge in [0, 0.05) is 6.42 Å². The van der Waals surface area contributed by atoms with Gasteiger partial charge in [0.05, 0.1) is 5.92 Å². The molecule has 0 aromatic heterocycles. The zero-order chi connectivity index (χ0) is 13.3. The second-order valence-corrected chi connectivity index (χ2v) is 3.61. The molecule has 0 amide bonds. The Morgan fingerprint density at radius 1 is 1.18 bits per heavy atom. The van der Waals surface area contributed by atoms with Gasteiger partial charge in [-0.05, 0) is 13.0 Å². The third kappa shape index (κ3) is 4.06. The average molecular weight is 265 g/mol. The summed E-state index contributed by atoms with van der Waals surface area (Å²) in [6.45, 7) is -0.153. The van der Waals surface area contributed by atoms with Crippen molar-refractivity contribution in [3.63, 3.8) is 0 Å². The van der Waals surface area contributed by atoms with E-state index in [9.17, 15) is 31.1 Å². The molecule has 0 saturated carbocycles. The number of nitrogens with one attached hydrogen (secondary N) is 1. The fourth-order valence-corrected chi connectivity index (χ4v) is 1.46. The molecule has 0 spiro atoms. The lowest BCUT2D eigenvalue weighted by molar-refractivity contribution is -0.217. The fourth-order valence-electron chi connectivity index (χ4n) is 1.46. The molecular weight excluding hydrogens is 256 g/mol. The number of esters is 1. The summed E-state index contributed by atoms with van der Waals surface area (Å²) in [5.74, 6) is -4.24. The van der Waals surface area contributed by atoms with Crippen molar-refractivity contribution in [2.24, 2.45) is 5.92 Å². The Bertz CT molecular complexity index is 287. The van der Waals surface area contributed by atoms with Crippen molar-refractivity contribution in [3.05, 3.63) is 0 Å². The monoisotopic (exact) mass is 265 g/mol. The molecule has 1 saturated heterocycles. The van der Waals surface area contributed by atoms with E-state index < -0.39 is 36.9 Å². The molecule has 1 aliphatic rings. The summed E-state index contributed by atoms with van der Waals surface area (Å²) in [7, 11) is 0. The third-order valence-electron chi connectivity index (χ3n) is 2.31. The SMILES string of the molecule is O=C(OC1CC(C(F)(F)F)CCN1)C(F)(F)F. The highest BCUT2D eigenvalue weighted by Gasteiger charge is 2.46. The first-order valence-corrected chi connectivity index (χ1v) is 4.68. The predicted molar refractivity (Wildman–Crippen MR) is 42.7 cm³/mol. The van der Waals surface area contributed by atoms with Gasteiger partial charge >= 0.3 is 18.3 Å². The second-order valence-electron chi connectivity index (χ2n) is 3.61. The molecule has 0 aliphatic carbocycles. The number of carbonyl (C=O) groups is 1. The van der Waals surface area contributed by atoms with Crippen molar-refractivity contribution in [2.45, 2.75) is 31.4 Å². The smallest absolute Gasteiger partial charge is 0.440 e. The van der Waals surface area contributed by atoms with Crippen molar-refractivity contribution in [2.75, 3.05) is 6.54 Å². The van der Waals surface area contributed by atoms with Crippen molar-refractivity contribution in [1.29, 1.82) is 0 Å². The van der Waals surface area contributed by atoms with Crippen LogP contribution in [0.3, 0.4) is 0 Å². The van der Waals surface area contributed by atoms with Gasteiger partial charge in [-0.25, -0.2) is 4.79 Å². The molecule has 17 heavy (non-hydrogen) atoms. The number of hydrogen-bond acceptors (Lipinski definition) is 3. The normalized spacial score (nSPS) is 26.7. The highest BCUT2D eigenvalue weighted by atomic mass is 19.4. The maximum atomic E-state index is 12.3.